The molecule has 1 aromatic carbocycles. The van der Waals surface area contributed by atoms with Crippen LogP contribution in [0.2, 0.25) is 0 Å². The van der Waals surface area contributed by atoms with Gasteiger partial charge in [-0.05, 0) is 30.5 Å². The van der Waals surface area contributed by atoms with Crippen molar-refractivity contribution in [1.29, 1.82) is 0 Å². The highest BCUT2D eigenvalue weighted by Gasteiger charge is 2.33. The average Bonchev–Trinajstić information content (AvgIpc) is 2.86. The van der Waals surface area contributed by atoms with E-state index in [2.05, 4.69) is 12.2 Å². The average molecular weight is 208 g/mol. The predicted octanol–water partition coefficient (Wildman–Crippen LogP) is 1.55. The molecule has 2 rings (SSSR count). The Balaban J connectivity index is 2.08. The van der Waals surface area contributed by atoms with Gasteiger partial charge in [-0.1, -0.05) is 6.92 Å². The van der Waals surface area contributed by atoms with Crippen molar-refractivity contribution in [1.82, 2.24) is 5.32 Å². The second kappa shape index (κ2) is 3.53. The molecule has 4 heteroatoms. The SMILES string of the molecule is CC1CC1NC(=O)c1ccc(N)c(F)c1. The molecule has 1 aliphatic carbocycles. The molecular formula is C11H13FN2O. The van der Waals surface area contributed by atoms with Gasteiger partial charge in [-0.25, -0.2) is 4.39 Å². The Morgan fingerprint density at radius 3 is 2.80 bits per heavy atom. The molecule has 0 aliphatic heterocycles. The summed E-state index contributed by atoms with van der Waals surface area (Å²) < 4.78 is 13.1. The van der Waals surface area contributed by atoms with E-state index < -0.39 is 5.82 Å². The Bertz CT molecular complexity index is 406. The van der Waals surface area contributed by atoms with E-state index in [0.717, 1.165) is 12.5 Å². The number of hydrogen-bond acceptors (Lipinski definition) is 2. The molecule has 0 spiro atoms. The van der Waals surface area contributed by atoms with Gasteiger partial charge in [0.15, 0.2) is 0 Å². The van der Waals surface area contributed by atoms with Crippen LogP contribution in [0.4, 0.5) is 10.1 Å². The first-order chi connectivity index (χ1) is 7.08. The number of nitrogens with one attached hydrogen (secondary N) is 1. The van der Waals surface area contributed by atoms with E-state index in [-0.39, 0.29) is 17.6 Å². The Morgan fingerprint density at radius 1 is 1.60 bits per heavy atom. The molecule has 2 unspecified atom stereocenters. The molecule has 0 saturated heterocycles. The summed E-state index contributed by atoms with van der Waals surface area (Å²) in [7, 11) is 0. The zero-order chi connectivity index (χ0) is 11.0. The summed E-state index contributed by atoms with van der Waals surface area (Å²) in [5.41, 5.74) is 5.70. The Morgan fingerprint density at radius 2 is 2.27 bits per heavy atom. The molecule has 1 saturated carbocycles. The molecule has 2 atom stereocenters. The lowest BCUT2D eigenvalue weighted by Crippen LogP contribution is -2.26. The Labute approximate surface area is 87.5 Å². The lowest BCUT2D eigenvalue weighted by Gasteiger charge is -2.04. The van der Waals surface area contributed by atoms with Crippen LogP contribution in [-0.4, -0.2) is 11.9 Å². The smallest absolute Gasteiger partial charge is 0.251 e. The maximum atomic E-state index is 13.1. The van der Waals surface area contributed by atoms with Crippen molar-refractivity contribution in [3.05, 3.63) is 29.6 Å². The highest BCUT2D eigenvalue weighted by molar-refractivity contribution is 5.94. The van der Waals surface area contributed by atoms with Gasteiger partial charge in [0.1, 0.15) is 5.82 Å². The van der Waals surface area contributed by atoms with Crippen LogP contribution in [0.5, 0.6) is 0 Å². The van der Waals surface area contributed by atoms with Crippen molar-refractivity contribution < 1.29 is 9.18 Å². The molecule has 1 fully saturated rings. The highest BCUT2D eigenvalue weighted by atomic mass is 19.1. The number of halogens is 1. The predicted molar refractivity (Wildman–Crippen MR) is 55.8 cm³/mol. The first kappa shape index (κ1) is 9.96. The van der Waals surface area contributed by atoms with Crippen LogP contribution < -0.4 is 11.1 Å². The van der Waals surface area contributed by atoms with Crippen molar-refractivity contribution >= 4 is 11.6 Å². The van der Waals surface area contributed by atoms with Gasteiger partial charge < -0.3 is 11.1 Å². The number of nitrogens with two attached hydrogens (primary N) is 1. The third-order valence-electron chi connectivity index (χ3n) is 2.69. The fourth-order valence-electron chi connectivity index (χ4n) is 1.44. The second-order valence-corrected chi connectivity index (χ2v) is 4.03. The molecule has 0 aromatic heterocycles. The van der Waals surface area contributed by atoms with E-state index in [4.69, 9.17) is 5.73 Å². The molecule has 3 nitrogen and oxygen atoms in total. The topological polar surface area (TPSA) is 55.1 Å². The Kier molecular flexibility index (Phi) is 2.34. The molecule has 1 amide bonds. The number of amides is 1. The summed E-state index contributed by atoms with van der Waals surface area (Å²) in [6.45, 7) is 2.06. The second-order valence-electron chi connectivity index (χ2n) is 4.03. The summed E-state index contributed by atoms with van der Waals surface area (Å²) in [5, 5.41) is 2.82. The molecular weight excluding hydrogens is 195 g/mol. The molecule has 1 aliphatic rings. The number of hydrogen-bond donors (Lipinski definition) is 2. The number of rotatable bonds is 2. The summed E-state index contributed by atoms with van der Waals surface area (Å²) in [6, 6.07) is 4.34. The fraction of sp³-hybridized carbons (Fsp3) is 0.364. The summed E-state index contributed by atoms with van der Waals surface area (Å²) in [4.78, 5) is 11.6. The van der Waals surface area contributed by atoms with Crippen LogP contribution in [0, 0.1) is 11.7 Å². The monoisotopic (exact) mass is 208 g/mol. The zero-order valence-electron chi connectivity index (χ0n) is 8.46. The van der Waals surface area contributed by atoms with Crippen LogP contribution >= 0.6 is 0 Å². The first-order valence-electron chi connectivity index (χ1n) is 4.94. The van der Waals surface area contributed by atoms with Crippen LogP contribution in [-0.2, 0) is 0 Å². The van der Waals surface area contributed by atoms with E-state index in [1.165, 1.54) is 12.1 Å². The maximum Gasteiger partial charge on any atom is 0.251 e. The van der Waals surface area contributed by atoms with E-state index in [9.17, 15) is 9.18 Å². The molecule has 15 heavy (non-hydrogen) atoms. The van der Waals surface area contributed by atoms with E-state index in [1.807, 2.05) is 0 Å². The number of benzene rings is 1. The van der Waals surface area contributed by atoms with Gasteiger partial charge >= 0.3 is 0 Å². The first-order valence-corrected chi connectivity index (χ1v) is 4.94. The number of carbonyl (C=O) groups is 1. The van der Waals surface area contributed by atoms with Crippen LogP contribution in [0.25, 0.3) is 0 Å². The third-order valence-corrected chi connectivity index (χ3v) is 2.69. The number of nitrogen functional groups attached to an aromatic ring is 1. The van der Waals surface area contributed by atoms with Crippen LogP contribution in [0.3, 0.4) is 0 Å². The van der Waals surface area contributed by atoms with Crippen molar-refractivity contribution in [2.45, 2.75) is 19.4 Å². The molecule has 0 radical (unpaired) electrons. The van der Waals surface area contributed by atoms with E-state index in [1.54, 1.807) is 0 Å². The molecule has 3 N–H and O–H groups in total. The van der Waals surface area contributed by atoms with Crippen LogP contribution in [0.15, 0.2) is 18.2 Å². The standard InChI is InChI=1S/C11H13FN2O/c1-6-4-10(6)14-11(15)7-2-3-9(13)8(12)5-7/h2-3,5-6,10H,4,13H2,1H3,(H,14,15). The number of anilines is 1. The molecule has 1 aromatic rings. The van der Waals surface area contributed by atoms with Crippen molar-refractivity contribution in [3.8, 4) is 0 Å². The van der Waals surface area contributed by atoms with Crippen molar-refractivity contribution in [3.63, 3.8) is 0 Å². The van der Waals surface area contributed by atoms with Gasteiger partial charge in [-0.2, -0.15) is 0 Å². The summed E-state index contributed by atoms with van der Waals surface area (Å²) in [6.07, 6.45) is 1.00. The lowest BCUT2D eigenvalue weighted by atomic mass is 10.2. The minimum atomic E-state index is -0.550. The van der Waals surface area contributed by atoms with E-state index in [0.29, 0.717) is 11.5 Å². The molecule has 0 heterocycles. The van der Waals surface area contributed by atoms with Gasteiger partial charge in [-0.15, -0.1) is 0 Å². The van der Waals surface area contributed by atoms with Crippen LogP contribution in [0.1, 0.15) is 23.7 Å². The van der Waals surface area contributed by atoms with Gasteiger partial charge in [-0.3, -0.25) is 4.79 Å². The lowest BCUT2D eigenvalue weighted by molar-refractivity contribution is 0.0949. The number of carbonyl (C=O) groups excluding carboxylic acids is 1. The zero-order valence-corrected chi connectivity index (χ0v) is 8.46. The Hall–Kier alpha value is -1.58. The summed E-state index contributed by atoms with van der Waals surface area (Å²) >= 11 is 0. The van der Waals surface area contributed by atoms with Gasteiger partial charge in [0.25, 0.3) is 5.91 Å². The minimum absolute atomic E-state index is 0.0614. The summed E-state index contributed by atoms with van der Waals surface area (Å²) in [5.74, 6) is -0.248. The van der Waals surface area contributed by atoms with E-state index >= 15 is 0 Å². The minimum Gasteiger partial charge on any atom is -0.396 e. The molecule has 0 bridgehead atoms. The normalized spacial score (nSPS) is 23.6. The quantitative estimate of drug-likeness (QED) is 0.724. The van der Waals surface area contributed by atoms with Crippen molar-refractivity contribution in [2.75, 3.05) is 5.73 Å². The molecule has 80 valence electrons. The van der Waals surface area contributed by atoms with Gasteiger partial charge in [0.2, 0.25) is 0 Å². The van der Waals surface area contributed by atoms with Gasteiger partial charge in [0.05, 0.1) is 5.69 Å². The highest BCUT2D eigenvalue weighted by Crippen LogP contribution is 2.29. The fourth-order valence-corrected chi connectivity index (χ4v) is 1.44. The van der Waals surface area contributed by atoms with Crippen molar-refractivity contribution in [2.24, 2.45) is 5.92 Å². The largest absolute Gasteiger partial charge is 0.396 e. The maximum absolute atomic E-state index is 13.1. The third kappa shape index (κ3) is 2.09. The van der Waals surface area contributed by atoms with Gasteiger partial charge in [0, 0.05) is 11.6 Å².